The van der Waals surface area contributed by atoms with E-state index in [1.54, 1.807) is 33.1 Å². The SMILES string of the molecule is Cc1cc(C(=O)NCC(C)S(C)=O)cc(S(=O)(=O)Cl)c1C. The Morgan fingerprint density at radius 2 is 1.95 bits per heavy atom. The fourth-order valence-corrected chi connectivity index (χ4v) is 3.26. The van der Waals surface area contributed by atoms with Crippen LogP contribution in [0.4, 0.5) is 0 Å². The van der Waals surface area contributed by atoms with Crippen LogP contribution in [0.3, 0.4) is 0 Å². The molecule has 0 fully saturated rings. The summed E-state index contributed by atoms with van der Waals surface area (Å²) < 4.78 is 34.3. The highest BCUT2D eigenvalue weighted by atomic mass is 35.7. The zero-order chi connectivity index (χ0) is 16.4. The van der Waals surface area contributed by atoms with Crippen LogP contribution >= 0.6 is 10.7 Å². The van der Waals surface area contributed by atoms with Gasteiger partial charge in [-0.15, -0.1) is 0 Å². The van der Waals surface area contributed by atoms with Crippen LogP contribution in [0.25, 0.3) is 0 Å². The van der Waals surface area contributed by atoms with E-state index in [1.165, 1.54) is 6.07 Å². The monoisotopic (exact) mass is 351 g/mol. The molecule has 0 spiro atoms. The summed E-state index contributed by atoms with van der Waals surface area (Å²) >= 11 is 0. The topological polar surface area (TPSA) is 80.3 Å². The molecule has 5 nitrogen and oxygen atoms in total. The first-order chi connectivity index (χ1) is 9.54. The number of hydrogen-bond donors (Lipinski definition) is 1. The summed E-state index contributed by atoms with van der Waals surface area (Å²) in [6.45, 7) is 5.35. The predicted molar refractivity (Wildman–Crippen MR) is 84.8 cm³/mol. The first kappa shape index (κ1) is 18.1. The van der Waals surface area contributed by atoms with Gasteiger partial charge in [-0.25, -0.2) is 8.42 Å². The highest BCUT2D eigenvalue weighted by Gasteiger charge is 2.19. The highest BCUT2D eigenvalue weighted by Crippen LogP contribution is 2.24. The number of carbonyl (C=O) groups is 1. The molecule has 2 atom stereocenters. The van der Waals surface area contributed by atoms with Crippen LogP contribution in [-0.2, 0) is 19.9 Å². The van der Waals surface area contributed by atoms with Crippen molar-refractivity contribution >= 4 is 36.4 Å². The van der Waals surface area contributed by atoms with Crippen LogP contribution < -0.4 is 5.32 Å². The molecule has 21 heavy (non-hydrogen) atoms. The van der Waals surface area contributed by atoms with Crippen molar-refractivity contribution in [1.82, 2.24) is 5.32 Å². The van der Waals surface area contributed by atoms with Crippen molar-refractivity contribution < 1.29 is 17.4 Å². The van der Waals surface area contributed by atoms with Gasteiger partial charge in [0.15, 0.2) is 0 Å². The number of rotatable bonds is 5. The fraction of sp³-hybridized carbons (Fsp3) is 0.462. The quantitative estimate of drug-likeness (QED) is 0.819. The number of benzene rings is 1. The van der Waals surface area contributed by atoms with Gasteiger partial charge in [0, 0.05) is 45.1 Å². The number of nitrogens with one attached hydrogen (secondary N) is 1. The minimum Gasteiger partial charge on any atom is -0.351 e. The van der Waals surface area contributed by atoms with E-state index in [9.17, 15) is 17.4 Å². The molecular formula is C13H18ClNO4S2. The number of halogens is 1. The maximum absolute atomic E-state index is 12.1. The van der Waals surface area contributed by atoms with Gasteiger partial charge in [0.05, 0.1) is 4.90 Å². The van der Waals surface area contributed by atoms with Crippen LogP contribution in [-0.4, -0.2) is 36.6 Å². The highest BCUT2D eigenvalue weighted by molar-refractivity contribution is 8.13. The molecule has 1 amide bonds. The molecule has 0 bridgehead atoms. The molecule has 1 rings (SSSR count). The molecule has 0 aliphatic carbocycles. The zero-order valence-electron chi connectivity index (χ0n) is 12.3. The molecule has 0 heterocycles. The van der Waals surface area contributed by atoms with E-state index in [0.717, 1.165) is 0 Å². The van der Waals surface area contributed by atoms with Gasteiger partial charge >= 0.3 is 0 Å². The Kier molecular flexibility index (Phi) is 5.95. The molecule has 0 saturated heterocycles. The maximum Gasteiger partial charge on any atom is 0.261 e. The second kappa shape index (κ2) is 6.89. The first-order valence-corrected chi connectivity index (χ1v) is 10.1. The number of hydrogen-bond acceptors (Lipinski definition) is 4. The van der Waals surface area contributed by atoms with E-state index in [1.807, 2.05) is 0 Å². The summed E-state index contributed by atoms with van der Waals surface area (Å²) in [5.41, 5.74) is 1.39. The van der Waals surface area contributed by atoms with Crippen molar-refractivity contribution in [1.29, 1.82) is 0 Å². The van der Waals surface area contributed by atoms with Crippen LogP contribution in [0.5, 0.6) is 0 Å². The van der Waals surface area contributed by atoms with Gasteiger partial charge in [0.1, 0.15) is 0 Å². The lowest BCUT2D eigenvalue weighted by Crippen LogP contribution is -2.32. The van der Waals surface area contributed by atoms with Crippen LogP contribution in [0.1, 0.15) is 28.4 Å². The number of carbonyl (C=O) groups excluding carboxylic acids is 1. The van der Waals surface area contributed by atoms with Crippen LogP contribution in [0.15, 0.2) is 17.0 Å². The van der Waals surface area contributed by atoms with E-state index in [0.29, 0.717) is 11.1 Å². The van der Waals surface area contributed by atoms with Crippen molar-refractivity contribution in [2.24, 2.45) is 0 Å². The molecule has 0 radical (unpaired) electrons. The number of aryl methyl sites for hydroxylation is 1. The van der Waals surface area contributed by atoms with Gasteiger partial charge in [0.2, 0.25) is 0 Å². The van der Waals surface area contributed by atoms with Gasteiger partial charge in [-0.1, -0.05) is 0 Å². The molecule has 1 aromatic rings. The second-order valence-corrected chi connectivity index (χ2v) is 9.21. The van der Waals surface area contributed by atoms with E-state index in [4.69, 9.17) is 10.7 Å². The fourth-order valence-electron chi connectivity index (χ4n) is 1.67. The Morgan fingerprint density at radius 3 is 2.43 bits per heavy atom. The minimum atomic E-state index is -3.91. The molecule has 2 unspecified atom stereocenters. The Bertz CT molecular complexity index is 686. The van der Waals surface area contributed by atoms with Gasteiger partial charge < -0.3 is 5.32 Å². The summed E-state index contributed by atoms with van der Waals surface area (Å²) in [5, 5.41) is 2.45. The summed E-state index contributed by atoms with van der Waals surface area (Å²) in [4.78, 5) is 12.0. The summed E-state index contributed by atoms with van der Waals surface area (Å²) in [6, 6.07) is 2.86. The van der Waals surface area contributed by atoms with Crippen molar-refractivity contribution in [2.75, 3.05) is 12.8 Å². The lowest BCUT2D eigenvalue weighted by Gasteiger charge is -2.12. The lowest BCUT2D eigenvalue weighted by atomic mass is 10.1. The van der Waals surface area contributed by atoms with E-state index < -0.39 is 25.8 Å². The molecule has 0 aliphatic rings. The average Bonchev–Trinajstić information content (AvgIpc) is 2.36. The maximum atomic E-state index is 12.1. The molecule has 0 aliphatic heterocycles. The summed E-state index contributed by atoms with van der Waals surface area (Å²) in [6.07, 6.45) is 1.56. The molecule has 1 N–H and O–H groups in total. The van der Waals surface area contributed by atoms with Crippen LogP contribution in [0.2, 0.25) is 0 Å². The smallest absolute Gasteiger partial charge is 0.261 e. The Labute approximate surface area is 132 Å². The second-order valence-electron chi connectivity index (χ2n) is 4.87. The molecule has 0 aromatic heterocycles. The molecular weight excluding hydrogens is 334 g/mol. The third-order valence-corrected chi connectivity index (χ3v) is 6.01. The van der Waals surface area contributed by atoms with Crippen LogP contribution in [0, 0.1) is 13.8 Å². The summed E-state index contributed by atoms with van der Waals surface area (Å²) in [7, 11) is 0.427. The molecule has 1 aromatic carbocycles. The average molecular weight is 352 g/mol. The number of amides is 1. The van der Waals surface area contributed by atoms with E-state index >= 15 is 0 Å². The van der Waals surface area contributed by atoms with E-state index in [2.05, 4.69) is 5.32 Å². The van der Waals surface area contributed by atoms with Crippen molar-refractivity contribution in [2.45, 2.75) is 30.9 Å². The lowest BCUT2D eigenvalue weighted by molar-refractivity contribution is 0.0954. The van der Waals surface area contributed by atoms with Gasteiger partial charge in [0.25, 0.3) is 15.0 Å². The predicted octanol–water partition coefficient (Wildman–Crippen LogP) is 1.73. The van der Waals surface area contributed by atoms with Crippen molar-refractivity contribution in [3.8, 4) is 0 Å². The Morgan fingerprint density at radius 1 is 1.38 bits per heavy atom. The van der Waals surface area contributed by atoms with Gasteiger partial charge in [-0.2, -0.15) is 0 Å². The third-order valence-electron chi connectivity index (χ3n) is 3.26. The largest absolute Gasteiger partial charge is 0.351 e. The standard InChI is InChI=1S/C13H18ClNO4S2/c1-8-5-11(6-12(10(8)3)21(14,18)19)13(16)15-7-9(2)20(4)17/h5-6,9H,7H2,1-4H3,(H,15,16). The minimum absolute atomic E-state index is 0.0681. The van der Waals surface area contributed by atoms with E-state index in [-0.39, 0.29) is 22.3 Å². The Balaban J connectivity index is 3.07. The van der Waals surface area contributed by atoms with Crippen molar-refractivity contribution in [3.63, 3.8) is 0 Å². The van der Waals surface area contributed by atoms with Crippen molar-refractivity contribution in [3.05, 3.63) is 28.8 Å². The van der Waals surface area contributed by atoms with Gasteiger partial charge in [-0.05, 0) is 44.0 Å². The molecule has 0 saturated carbocycles. The summed E-state index contributed by atoms with van der Waals surface area (Å²) in [5.74, 6) is -0.419. The third kappa shape index (κ3) is 4.79. The molecule has 118 valence electrons. The normalized spacial score (nSPS) is 14.5. The van der Waals surface area contributed by atoms with Gasteiger partial charge in [-0.3, -0.25) is 9.00 Å². The molecule has 8 heteroatoms. The Hall–Kier alpha value is -0.920. The first-order valence-electron chi connectivity index (χ1n) is 6.20. The zero-order valence-corrected chi connectivity index (χ0v) is 14.7.